The zero-order chi connectivity index (χ0) is 12.5. The van der Waals surface area contributed by atoms with Gasteiger partial charge in [0.2, 0.25) is 0 Å². The normalized spacial score (nSPS) is 26.3. The zero-order valence-electron chi connectivity index (χ0n) is 10.5. The molecule has 0 spiro atoms. The molecule has 1 aromatic carbocycles. The first-order valence-corrected chi connectivity index (χ1v) is 6.42. The fraction of sp³-hybridized carbons (Fsp3) is 0.400. The first-order chi connectivity index (χ1) is 8.79. The molecular formula is C15H17NO2. The molecule has 0 aromatic heterocycles. The van der Waals surface area contributed by atoms with Crippen LogP contribution in [0, 0.1) is 0 Å². The predicted molar refractivity (Wildman–Crippen MR) is 69.9 cm³/mol. The minimum atomic E-state index is -0.188. The maximum absolute atomic E-state index is 12.0. The Kier molecular flexibility index (Phi) is 2.92. The summed E-state index contributed by atoms with van der Waals surface area (Å²) in [6.45, 7) is 0. The van der Waals surface area contributed by atoms with Gasteiger partial charge >= 0.3 is 5.97 Å². The highest BCUT2D eigenvalue weighted by Crippen LogP contribution is 2.37. The maximum atomic E-state index is 12.0. The summed E-state index contributed by atoms with van der Waals surface area (Å²) in [5.41, 5.74) is 3.14. The third kappa shape index (κ3) is 1.85. The third-order valence-electron chi connectivity index (χ3n) is 3.89. The summed E-state index contributed by atoms with van der Waals surface area (Å²) in [5.74, 6) is -0.188. The van der Waals surface area contributed by atoms with E-state index in [1.54, 1.807) is 0 Å². The van der Waals surface area contributed by atoms with Crippen LogP contribution in [0.15, 0.2) is 35.9 Å². The van der Waals surface area contributed by atoms with Crippen molar-refractivity contribution in [3.05, 3.63) is 41.5 Å². The Morgan fingerprint density at radius 3 is 2.78 bits per heavy atom. The van der Waals surface area contributed by atoms with Gasteiger partial charge in [0, 0.05) is 12.1 Å². The molecule has 3 rings (SSSR count). The van der Waals surface area contributed by atoms with Crippen molar-refractivity contribution >= 4 is 11.5 Å². The van der Waals surface area contributed by atoms with E-state index >= 15 is 0 Å². The smallest absolute Gasteiger partial charge is 0.335 e. The van der Waals surface area contributed by atoms with Crippen LogP contribution >= 0.6 is 0 Å². The molecule has 0 amide bonds. The van der Waals surface area contributed by atoms with E-state index < -0.39 is 0 Å². The van der Waals surface area contributed by atoms with Crippen molar-refractivity contribution in [3.8, 4) is 0 Å². The third-order valence-corrected chi connectivity index (χ3v) is 3.89. The van der Waals surface area contributed by atoms with E-state index in [2.05, 4.69) is 17.4 Å². The molecule has 18 heavy (non-hydrogen) atoms. The molecule has 1 fully saturated rings. The zero-order valence-corrected chi connectivity index (χ0v) is 10.5. The standard InChI is InChI=1S/C15H17NO2/c1-18-15(17)14-12(10-5-3-2-4-6-10)9-11-7-8-13(14)16-11/h2-6,11,13,16H,7-9H2,1H3/t11-,13-/m0/s1. The van der Waals surface area contributed by atoms with Gasteiger partial charge in [0.15, 0.2) is 0 Å². The molecule has 2 aliphatic rings. The summed E-state index contributed by atoms with van der Waals surface area (Å²) in [5, 5.41) is 3.50. The van der Waals surface area contributed by atoms with Gasteiger partial charge in [-0.15, -0.1) is 0 Å². The Morgan fingerprint density at radius 1 is 1.28 bits per heavy atom. The van der Waals surface area contributed by atoms with Gasteiger partial charge < -0.3 is 10.1 Å². The first-order valence-electron chi connectivity index (χ1n) is 6.42. The van der Waals surface area contributed by atoms with Crippen LogP contribution in [-0.4, -0.2) is 25.2 Å². The molecule has 1 N–H and O–H groups in total. The van der Waals surface area contributed by atoms with Gasteiger partial charge in [-0.3, -0.25) is 0 Å². The fourth-order valence-corrected chi connectivity index (χ4v) is 3.06. The second-order valence-electron chi connectivity index (χ2n) is 4.95. The number of fused-ring (bicyclic) bond motifs is 2. The molecule has 94 valence electrons. The van der Waals surface area contributed by atoms with Crippen LogP contribution in [-0.2, 0) is 9.53 Å². The van der Waals surface area contributed by atoms with Gasteiger partial charge in [-0.2, -0.15) is 0 Å². The van der Waals surface area contributed by atoms with Crippen LogP contribution in [0.5, 0.6) is 0 Å². The summed E-state index contributed by atoms with van der Waals surface area (Å²) in [6.07, 6.45) is 3.10. The van der Waals surface area contributed by atoms with E-state index in [1.165, 1.54) is 7.11 Å². The van der Waals surface area contributed by atoms with Crippen LogP contribution in [0.4, 0.5) is 0 Å². The Balaban J connectivity index is 2.09. The lowest BCUT2D eigenvalue weighted by molar-refractivity contribution is -0.136. The average Bonchev–Trinajstić information content (AvgIpc) is 2.80. The molecular weight excluding hydrogens is 226 g/mol. The highest BCUT2D eigenvalue weighted by atomic mass is 16.5. The summed E-state index contributed by atoms with van der Waals surface area (Å²) < 4.78 is 4.96. The number of methoxy groups -OCH3 is 1. The van der Waals surface area contributed by atoms with Gasteiger partial charge in [0.1, 0.15) is 0 Å². The van der Waals surface area contributed by atoms with Crippen molar-refractivity contribution in [3.63, 3.8) is 0 Å². The topological polar surface area (TPSA) is 38.3 Å². The minimum Gasteiger partial charge on any atom is -0.466 e. The number of esters is 1. The SMILES string of the molecule is COC(=O)C1=C(c2ccccc2)C[C@@H]2CC[C@@H]1N2. The van der Waals surface area contributed by atoms with Crippen molar-refractivity contribution in [1.29, 1.82) is 0 Å². The largest absolute Gasteiger partial charge is 0.466 e. The van der Waals surface area contributed by atoms with Crippen molar-refractivity contribution in [2.45, 2.75) is 31.3 Å². The molecule has 3 nitrogen and oxygen atoms in total. The molecule has 3 heteroatoms. The monoisotopic (exact) mass is 243 g/mol. The molecule has 2 heterocycles. The number of carbonyl (C=O) groups excluding carboxylic acids is 1. The van der Waals surface area contributed by atoms with Gasteiger partial charge in [0.25, 0.3) is 0 Å². The van der Waals surface area contributed by atoms with Gasteiger partial charge in [0.05, 0.1) is 12.7 Å². The Hall–Kier alpha value is -1.61. The van der Waals surface area contributed by atoms with Crippen LogP contribution in [0.3, 0.4) is 0 Å². The van der Waals surface area contributed by atoms with Crippen LogP contribution in [0.2, 0.25) is 0 Å². The molecule has 2 aliphatic heterocycles. The highest BCUT2D eigenvalue weighted by Gasteiger charge is 2.37. The summed E-state index contributed by atoms with van der Waals surface area (Å²) in [4.78, 5) is 12.0. The molecule has 1 saturated heterocycles. The second kappa shape index (κ2) is 4.58. The molecule has 2 bridgehead atoms. The quantitative estimate of drug-likeness (QED) is 0.809. The van der Waals surface area contributed by atoms with Crippen LogP contribution < -0.4 is 5.32 Å². The number of benzene rings is 1. The van der Waals surface area contributed by atoms with Crippen LogP contribution in [0.1, 0.15) is 24.8 Å². The van der Waals surface area contributed by atoms with Crippen LogP contribution in [0.25, 0.3) is 5.57 Å². The lowest BCUT2D eigenvalue weighted by atomic mass is 9.90. The first kappa shape index (κ1) is 11.5. The lowest BCUT2D eigenvalue weighted by Crippen LogP contribution is -2.38. The van der Waals surface area contributed by atoms with E-state index in [9.17, 15) is 4.79 Å². The molecule has 1 aromatic rings. The van der Waals surface area contributed by atoms with E-state index in [1.807, 2.05) is 18.2 Å². The average molecular weight is 243 g/mol. The number of carbonyl (C=O) groups is 1. The molecule has 0 saturated carbocycles. The predicted octanol–water partition coefficient (Wildman–Crippen LogP) is 2.14. The van der Waals surface area contributed by atoms with E-state index in [-0.39, 0.29) is 12.0 Å². The number of hydrogen-bond donors (Lipinski definition) is 1. The number of nitrogens with one attached hydrogen (secondary N) is 1. The van der Waals surface area contributed by atoms with Gasteiger partial charge in [-0.05, 0) is 30.4 Å². The summed E-state index contributed by atoms with van der Waals surface area (Å²) in [6, 6.07) is 10.9. The lowest BCUT2D eigenvalue weighted by Gasteiger charge is -2.26. The van der Waals surface area contributed by atoms with Crippen molar-refractivity contribution in [2.24, 2.45) is 0 Å². The molecule has 0 unspecified atom stereocenters. The Labute approximate surface area is 107 Å². The Bertz CT molecular complexity index is 492. The van der Waals surface area contributed by atoms with E-state index in [0.717, 1.165) is 36.0 Å². The van der Waals surface area contributed by atoms with Crippen molar-refractivity contribution in [2.75, 3.05) is 7.11 Å². The highest BCUT2D eigenvalue weighted by molar-refractivity contribution is 5.99. The summed E-state index contributed by atoms with van der Waals surface area (Å²) >= 11 is 0. The Morgan fingerprint density at radius 2 is 2.06 bits per heavy atom. The number of ether oxygens (including phenoxy) is 1. The number of hydrogen-bond acceptors (Lipinski definition) is 3. The molecule has 0 radical (unpaired) electrons. The number of rotatable bonds is 2. The molecule has 2 atom stereocenters. The van der Waals surface area contributed by atoms with Crippen molar-refractivity contribution < 1.29 is 9.53 Å². The fourth-order valence-electron chi connectivity index (χ4n) is 3.06. The molecule has 0 aliphatic carbocycles. The van der Waals surface area contributed by atoms with E-state index in [0.29, 0.717) is 6.04 Å². The van der Waals surface area contributed by atoms with Gasteiger partial charge in [-0.25, -0.2) is 4.79 Å². The van der Waals surface area contributed by atoms with Crippen molar-refractivity contribution in [1.82, 2.24) is 5.32 Å². The summed E-state index contributed by atoms with van der Waals surface area (Å²) in [7, 11) is 1.46. The second-order valence-corrected chi connectivity index (χ2v) is 4.95. The minimum absolute atomic E-state index is 0.173. The maximum Gasteiger partial charge on any atom is 0.335 e. The van der Waals surface area contributed by atoms with Gasteiger partial charge in [-0.1, -0.05) is 30.3 Å². The van der Waals surface area contributed by atoms with E-state index in [4.69, 9.17) is 4.74 Å².